The number of hydrogen-bond donors (Lipinski definition) is 2. The zero-order valence-electron chi connectivity index (χ0n) is 34.3. The molecular weight excluding hydrogens is 896 g/mol. The number of carbonyl (C=O) groups excluding carboxylic acids is 2. The first kappa shape index (κ1) is 47.1. The zero-order chi connectivity index (χ0) is 46.5. The molecule has 1 amide bonds. The molecule has 328 valence electrons. The van der Waals surface area contributed by atoms with Crippen molar-refractivity contribution >= 4 is 61.8 Å². The summed E-state index contributed by atoms with van der Waals surface area (Å²) in [6.07, 6.45) is 8.74. The van der Waals surface area contributed by atoms with Crippen LogP contribution in [0.3, 0.4) is 0 Å². The molecule has 1 aliphatic rings. The van der Waals surface area contributed by atoms with Crippen molar-refractivity contribution in [1.82, 2.24) is 19.9 Å². The molecule has 1 atom stereocenters. The van der Waals surface area contributed by atoms with Gasteiger partial charge in [0.2, 0.25) is 5.91 Å². The van der Waals surface area contributed by atoms with Crippen molar-refractivity contribution < 1.29 is 48.7 Å². The highest BCUT2D eigenvalue weighted by Crippen LogP contribution is 2.37. The second kappa shape index (κ2) is 21.7. The Hall–Kier alpha value is -7.93. The number of nitrogens with zero attached hydrogens (tertiary/aromatic N) is 6. The molecular formula is C45H39BrN6O12. The number of fused-ring (bicyclic) bond motifs is 1. The summed E-state index contributed by atoms with van der Waals surface area (Å²) in [4.78, 5) is 81.1. The molecule has 0 radical (unpaired) electrons. The van der Waals surface area contributed by atoms with E-state index in [0.717, 1.165) is 58.7 Å². The minimum atomic E-state index is -1.38. The highest BCUT2D eigenvalue weighted by molar-refractivity contribution is 9.10. The number of piperidine rings is 1. The Morgan fingerprint density at radius 3 is 2.19 bits per heavy atom. The van der Waals surface area contributed by atoms with Gasteiger partial charge in [0.25, 0.3) is 0 Å². The lowest BCUT2D eigenvalue weighted by atomic mass is 9.87. The number of carboxylic acid groups (broad SMARTS) is 2. The van der Waals surface area contributed by atoms with Gasteiger partial charge in [0.15, 0.2) is 22.8 Å². The van der Waals surface area contributed by atoms with Crippen LogP contribution in [0.25, 0.3) is 22.0 Å². The van der Waals surface area contributed by atoms with Gasteiger partial charge in [-0.05, 0) is 87.9 Å². The van der Waals surface area contributed by atoms with E-state index in [1.807, 2.05) is 53.6 Å². The SMILES string of the molecule is C=CC(=O)N1CCCC(c2ccc(-c3ccc(C(=O)Cc4ccccn4)cc3)c3cncnc23)C1.COc1ccc(Br)c(C(=O)O)c1[N+](=O)[O-].COc1cccc(C(=O)O)c1[N+](=O)[O-]. The molecule has 4 aromatic carbocycles. The van der Waals surface area contributed by atoms with Gasteiger partial charge in [0.05, 0.1) is 36.0 Å². The fourth-order valence-corrected chi connectivity index (χ4v) is 7.48. The number of hydrogen-bond acceptors (Lipinski definition) is 13. The number of carbonyl (C=O) groups is 4. The quantitative estimate of drug-likeness (QED) is 0.0506. The summed E-state index contributed by atoms with van der Waals surface area (Å²) in [5, 5.41) is 39.7. The van der Waals surface area contributed by atoms with Crippen LogP contribution in [0.15, 0.2) is 121 Å². The van der Waals surface area contributed by atoms with E-state index in [2.05, 4.69) is 49.6 Å². The first-order valence-corrected chi connectivity index (χ1v) is 20.0. The number of para-hydroxylation sites is 1. The Morgan fingerprint density at radius 2 is 1.58 bits per heavy atom. The Morgan fingerprint density at radius 1 is 0.875 bits per heavy atom. The van der Waals surface area contributed by atoms with Crippen molar-refractivity contribution in [2.75, 3.05) is 27.3 Å². The highest BCUT2D eigenvalue weighted by atomic mass is 79.9. The molecule has 3 heterocycles. The number of pyridine rings is 1. The van der Waals surface area contributed by atoms with E-state index in [1.54, 1.807) is 12.5 Å². The molecule has 1 unspecified atom stereocenters. The van der Waals surface area contributed by atoms with E-state index in [4.69, 9.17) is 19.7 Å². The molecule has 7 rings (SSSR count). The molecule has 0 spiro atoms. The van der Waals surface area contributed by atoms with Crippen LogP contribution in [-0.2, 0) is 11.2 Å². The number of halogens is 1. The molecule has 1 aliphatic heterocycles. The monoisotopic (exact) mass is 934 g/mol. The number of nitro benzene ring substituents is 2. The van der Waals surface area contributed by atoms with Crippen LogP contribution >= 0.6 is 15.9 Å². The first-order valence-electron chi connectivity index (χ1n) is 19.2. The number of likely N-dealkylation sites (tertiary alicyclic amines) is 1. The number of ketones is 1. The average Bonchev–Trinajstić information content (AvgIpc) is 3.31. The molecule has 0 aliphatic carbocycles. The number of methoxy groups -OCH3 is 2. The minimum absolute atomic E-state index is 0.0251. The third kappa shape index (κ3) is 11.1. The standard InChI is InChI=1S/C29H26N4O2.C8H6BrNO5.C8H7NO5/c1-2-28(35)33-15-5-6-22(18-33)25-13-12-24(26-17-30-19-32-29(25)26)20-8-10-21(11-9-20)27(34)16-23-7-3-4-14-31-23;1-15-5-3-2-4(9)6(8(11)12)7(5)10(13)14;1-14-6-4-2-3-5(8(10)11)7(6)9(12)13/h2-4,7-14,17,19,22H,1,5-6,15-16,18H2;2-3H,1H3,(H,11,12);2-4H,1H3,(H,10,11). The summed E-state index contributed by atoms with van der Waals surface area (Å²) in [7, 11) is 2.48. The maximum atomic E-state index is 12.7. The number of ether oxygens (including phenoxy) is 2. The van der Waals surface area contributed by atoms with Gasteiger partial charge < -0.3 is 24.6 Å². The predicted octanol–water partition coefficient (Wildman–Crippen LogP) is 8.37. The maximum absolute atomic E-state index is 12.7. The van der Waals surface area contributed by atoms with Gasteiger partial charge in [-0.2, -0.15) is 0 Å². The molecule has 6 aromatic rings. The second-order valence-electron chi connectivity index (χ2n) is 13.8. The van der Waals surface area contributed by atoms with Gasteiger partial charge in [-0.25, -0.2) is 19.6 Å². The van der Waals surface area contributed by atoms with E-state index < -0.39 is 38.7 Å². The molecule has 2 aromatic heterocycles. The van der Waals surface area contributed by atoms with Crippen LogP contribution in [0.2, 0.25) is 0 Å². The number of nitro groups is 2. The summed E-state index contributed by atoms with van der Waals surface area (Å²) in [5.41, 5.74) is 3.60. The lowest BCUT2D eigenvalue weighted by Crippen LogP contribution is -2.38. The van der Waals surface area contributed by atoms with Gasteiger partial charge in [-0.1, -0.05) is 55.1 Å². The summed E-state index contributed by atoms with van der Waals surface area (Å²) in [6.45, 7) is 5.06. The Balaban J connectivity index is 0.000000219. The topological polar surface area (TPSA) is 255 Å². The predicted molar refractivity (Wildman–Crippen MR) is 237 cm³/mol. The normalized spacial score (nSPS) is 12.9. The van der Waals surface area contributed by atoms with Crippen LogP contribution in [0.5, 0.6) is 11.5 Å². The van der Waals surface area contributed by atoms with Gasteiger partial charge in [0, 0.05) is 52.5 Å². The van der Waals surface area contributed by atoms with E-state index in [0.29, 0.717) is 12.1 Å². The van der Waals surface area contributed by atoms with E-state index in [-0.39, 0.29) is 45.6 Å². The largest absolute Gasteiger partial charge is 0.490 e. The van der Waals surface area contributed by atoms with Crippen molar-refractivity contribution in [2.45, 2.75) is 25.2 Å². The number of Topliss-reactive ketones (excluding diaryl/α,β-unsaturated/α-hetero) is 1. The summed E-state index contributed by atoms with van der Waals surface area (Å²) in [5.74, 6) is -2.65. The number of benzene rings is 4. The van der Waals surface area contributed by atoms with Crippen molar-refractivity contribution in [2.24, 2.45) is 0 Å². The summed E-state index contributed by atoms with van der Waals surface area (Å²) < 4.78 is 9.56. The average molecular weight is 936 g/mol. The summed E-state index contributed by atoms with van der Waals surface area (Å²) in [6, 6.07) is 24.1. The lowest BCUT2D eigenvalue weighted by molar-refractivity contribution is -0.386. The molecule has 2 N–H and O–H groups in total. The highest BCUT2D eigenvalue weighted by Gasteiger charge is 2.29. The summed E-state index contributed by atoms with van der Waals surface area (Å²) >= 11 is 2.94. The van der Waals surface area contributed by atoms with E-state index in [1.165, 1.54) is 44.6 Å². The molecule has 1 fully saturated rings. The van der Waals surface area contributed by atoms with Crippen LogP contribution in [0, 0.1) is 20.2 Å². The molecule has 19 heteroatoms. The van der Waals surface area contributed by atoms with Crippen molar-refractivity contribution in [1.29, 1.82) is 0 Å². The van der Waals surface area contributed by atoms with Gasteiger partial charge in [0.1, 0.15) is 11.9 Å². The van der Waals surface area contributed by atoms with Crippen molar-refractivity contribution in [3.05, 3.63) is 169 Å². The number of rotatable bonds is 12. The van der Waals surface area contributed by atoms with Gasteiger partial charge >= 0.3 is 23.3 Å². The molecule has 0 bridgehead atoms. The molecule has 64 heavy (non-hydrogen) atoms. The van der Waals surface area contributed by atoms with Gasteiger partial charge in [-0.3, -0.25) is 34.8 Å². The lowest BCUT2D eigenvalue weighted by Gasteiger charge is -2.32. The number of aromatic nitrogens is 3. The van der Waals surface area contributed by atoms with Crippen LogP contribution in [0.4, 0.5) is 11.4 Å². The van der Waals surface area contributed by atoms with Crippen molar-refractivity contribution in [3.63, 3.8) is 0 Å². The molecule has 0 saturated carbocycles. The van der Waals surface area contributed by atoms with Gasteiger partial charge in [-0.15, -0.1) is 0 Å². The maximum Gasteiger partial charge on any atom is 0.344 e. The fraction of sp³-hybridized carbons (Fsp3) is 0.178. The van der Waals surface area contributed by atoms with Crippen LogP contribution in [-0.4, -0.2) is 90.8 Å². The zero-order valence-corrected chi connectivity index (χ0v) is 35.8. The number of carboxylic acids is 2. The Kier molecular flexibility index (Phi) is 16.0. The Labute approximate surface area is 373 Å². The smallest absolute Gasteiger partial charge is 0.344 e. The third-order valence-electron chi connectivity index (χ3n) is 9.98. The fourth-order valence-electron chi connectivity index (χ4n) is 6.99. The van der Waals surface area contributed by atoms with Crippen LogP contribution in [0.1, 0.15) is 61.1 Å². The Bertz CT molecular complexity index is 2730. The van der Waals surface area contributed by atoms with Crippen LogP contribution < -0.4 is 9.47 Å². The third-order valence-corrected chi connectivity index (χ3v) is 10.6. The first-order chi connectivity index (χ1) is 30.7. The second-order valence-corrected chi connectivity index (χ2v) is 14.6. The van der Waals surface area contributed by atoms with E-state index in [9.17, 15) is 39.4 Å². The number of aromatic carboxylic acids is 2. The minimum Gasteiger partial charge on any atom is -0.490 e. The molecule has 1 saturated heterocycles. The van der Waals surface area contributed by atoms with Crippen molar-refractivity contribution in [3.8, 4) is 22.6 Å². The van der Waals surface area contributed by atoms with E-state index >= 15 is 0 Å². The molecule has 18 nitrogen and oxygen atoms in total. The number of amides is 1.